The van der Waals surface area contributed by atoms with Crippen LogP contribution in [0.1, 0.15) is 0 Å². The van der Waals surface area contributed by atoms with Crippen LogP contribution < -0.4 is 0 Å². The number of thioether (sulfide) groups is 1. The molecule has 0 heterocycles. The predicted molar refractivity (Wildman–Crippen MR) is 69.8 cm³/mol. The molecule has 0 aliphatic heterocycles. The lowest BCUT2D eigenvalue weighted by Crippen LogP contribution is -2.32. The van der Waals surface area contributed by atoms with Crippen LogP contribution in [-0.2, 0) is 4.79 Å². The quantitative estimate of drug-likeness (QED) is 0.458. The fourth-order valence-electron chi connectivity index (χ4n) is 1.13. The van der Waals surface area contributed by atoms with Crippen molar-refractivity contribution in [1.29, 1.82) is 0 Å². The second kappa shape index (κ2) is 6.61. The van der Waals surface area contributed by atoms with E-state index in [1.807, 2.05) is 30.3 Å². The molecule has 16 heavy (non-hydrogen) atoms. The largest absolute Gasteiger partial charge is 0.340 e. The van der Waals surface area contributed by atoms with Gasteiger partial charge < -0.3 is 4.90 Å². The van der Waals surface area contributed by atoms with Crippen LogP contribution in [0.15, 0.2) is 47.9 Å². The van der Waals surface area contributed by atoms with Crippen molar-refractivity contribution in [3.63, 3.8) is 0 Å². The van der Waals surface area contributed by atoms with Gasteiger partial charge in [-0.2, -0.15) is 0 Å². The van der Waals surface area contributed by atoms with E-state index in [1.54, 1.807) is 18.0 Å². The van der Waals surface area contributed by atoms with Gasteiger partial charge in [0.1, 0.15) is 0 Å². The average Bonchev–Trinajstić information content (AvgIpc) is 2.29. The molecule has 1 atom stereocenters. The molecular formula is C12H14ClNOS. The number of rotatable bonds is 5. The zero-order chi connectivity index (χ0) is 12.0. The van der Waals surface area contributed by atoms with Gasteiger partial charge in [0, 0.05) is 18.5 Å². The summed E-state index contributed by atoms with van der Waals surface area (Å²) in [4.78, 5) is 14.3. The summed E-state index contributed by atoms with van der Waals surface area (Å²) >= 11 is 7.38. The summed E-state index contributed by atoms with van der Waals surface area (Å²) in [6, 6.07) is 9.63. The fourth-order valence-corrected chi connectivity index (χ4v) is 2.44. The molecule has 0 aliphatic rings. The van der Waals surface area contributed by atoms with Gasteiger partial charge in [0.2, 0.25) is 0 Å². The zero-order valence-electron chi connectivity index (χ0n) is 9.10. The summed E-state index contributed by atoms with van der Waals surface area (Å²) in [5.74, 6) is -0.101. The van der Waals surface area contributed by atoms with Crippen molar-refractivity contribution >= 4 is 29.3 Å². The summed E-state index contributed by atoms with van der Waals surface area (Å²) in [7, 11) is 1.71. The lowest BCUT2D eigenvalue weighted by Gasteiger charge is -2.18. The molecule has 86 valence electrons. The van der Waals surface area contributed by atoms with Gasteiger partial charge in [0.15, 0.2) is 4.71 Å². The fraction of sp³-hybridized carbons (Fsp3) is 0.250. The highest BCUT2D eigenvalue weighted by atomic mass is 35.5. The maximum Gasteiger partial charge on any atom is 0.251 e. The van der Waals surface area contributed by atoms with Gasteiger partial charge in [-0.05, 0) is 12.1 Å². The minimum Gasteiger partial charge on any atom is -0.340 e. The molecule has 0 saturated carbocycles. The highest BCUT2D eigenvalue weighted by Gasteiger charge is 2.19. The Morgan fingerprint density at radius 1 is 1.56 bits per heavy atom. The number of nitrogens with zero attached hydrogens (tertiary/aromatic N) is 1. The van der Waals surface area contributed by atoms with Crippen molar-refractivity contribution in [3.05, 3.63) is 43.0 Å². The van der Waals surface area contributed by atoms with E-state index >= 15 is 0 Å². The van der Waals surface area contributed by atoms with Crippen molar-refractivity contribution in [2.75, 3.05) is 13.6 Å². The van der Waals surface area contributed by atoms with Crippen LogP contribution in [0, 0.1) is 0 Å². The first-order chi connectivity index (χ1) is 7.65. The van der Waals surface area contributed by atoms with E-state index in [1.165, 1.54) is 11.8 Å². The minimum absolute atomic E-state index is 0.101. The molecule has 1 unspecified atom stereocenters. The Kier molecular flexibility index (Phi) is 5.43. The normalized spacial score (nSPS) is 11.9. The maximum atomic E-state index is 11.8. The summed E-state index contributed by atoms with van der Waals surface area (Å²) in [6.07, 6.45) is 1.68. The van der Waals surface area contributed by atoms with Crippen LogP contribution in [0.5, 0.6) is 0 Å². The third-order valence-electron chi connectivity index (χ3n) is 1.96. The third kappa shape index (κ3) is 3.91. The van der Waals surface area contributed by atoms with E-state index < -0.39 is 4.71 Å². The van der Waals surface area contributed by atoms with Gasteiger partial charge in [-0.15, -0.1) is 6.58 Å². The Hall–Kier alpha value is -0.930. The summed E-state index contributed by atoms with van der Waals surface area (Å²) < 4.78 is -0.590. The molecule has 1 aromatic rings. The Morgan fingerprint density at radius 3 is 2.75 bits per heavy atom. The SMILES string of the molecule is C=CCN(C)C(=O)C(Cl)Sc1ccccc1. The molecule has 0 spiro atoms. The van der Waals surface area contributed by atoms with Crippen LogP contribution in [0.2, 0.25) is 0 Å². The molecule has 1 aromatic carbocycles. The predicted octanol–water partition coefficient (Wildman–Crippen LogP) is 2.99. The van der Waals surface area contributed by atoms with Gasteiger partial charge in [-0.1, -0.05) is 47.6 Å². The number of hydrogen-bond acceptors (Lipinski definition) is 2. The molecule has 0 bridgehead atoms. The lowest BCUT2D eigenvalue weighted by atomic mass is 10.4. The molecule has 1 amide bonds. The van der Waals surface area contributed by atoms with E-state index in [9.17, 15) is 4.79 Å². The number of carbonyl (C=O) groups is 1. The maximum absolute atomic E-state index is 11.8. The number of alkyl halides is 1. The highest BCUT2D eigenvalue weighted by molar-refractivity contribution is 8.01. The average molecular weight is 256 g/mol. The first kappa shape index (κ1) is 13.1. The second-order valence-corrected chi connectivity index (χ2v) is 5.13. The van der Waals surface area contributed by atoms with Crippen molar-refractivity contribution in [2.45, 2.75) is 9.60 Å². The van der Waals surface area contributed by atoms with Gasteiger partial charge in [0.25, 0.3) is 5.91 Å². The molecule has 1 rings (SSSR count). The van der Waals surface area contributed by atoms with Gasteiger partial charge in [-0.25, -0.2) is 0 Å². The van der Waals surface area contributed by atoms with E-state index in [-0.39, 0.29) is 5.91 Å². The number of benzene rings is 1. The highest BCUT2D eigenvalue weighted by Crippen LogP contribution is 2.26. The van der Waals surface area contributed by atoms with Crippen LogP contribution >= 0.6 is 23.4 Å². The number of halogens is 1. The zero-order valence-corrected chi connectivity index (χ0v) is 10.7. The Balaban J connectivity index is 2.55. The van der Waals surface area contributed by atoms with E-state index in [0.717, 1.165) is 4.90 Å². The molecule has 0 aliphatic carbocycles. The standard InChI is InChI=1S/C12H14ClNOS/c1-3-9-14(2)12(15)11(13)16-10-7-5-4-6-8-10/h3-8,11H,1,9H2,2H3. The van der Waals surface area contributed by atoms with Gasteiger partial charge >= 0.3 is 0 Å². The molecule has 4 heteroatoms. The number of amides is 1. The van der Waals surface area contributed by atoms with Crippen molar-refractivity contribution in [1.82, 2.24) is 4.90 Å². The molecule has 2 nitrogen and oxygen atoms in total. The van der Waals surface area contributed by atoms with Crippen LogP contribution in [0.4, 0.5) is 0 Å². The molecular weight excluding hydrogens is 242 g/mol. The smallest absolute Gasteiger partial charge is 0.251 e. The number of hydrogen-bond donors (Lipinski definition) is 0. The summed E-state index contributed by atoms with van der Waals surface area (Å²) in [5.41, 5.74) is 0. The molecule has 0 saturated heterocycles. The first-order valence-electron chi connectivity index (χ1n) is 4.87. The van der Waals surface area contributed by atoms with E-state index in [0.29, 0.717) is 6.54 Å². The number of carbonyl (C=O) groups excluding carboxylic acids is 1. The number of likely N-dealkylation sites (N-methyl/N-ethyl adjacent to an activating group) is 1. The van der Waals surface area contributed by atoms with Crippen molar-refractivity contribution < 1.29 is 4.79 Å². The Bertz CT molecular complexity index is 355. The molecule has 0 aromatic heterocycles. The second-order valence-electron chi connectivity index (χ2n) is 3.25. The van der Waals surface area contributed by atoms with E-state index in [2.05, 4.69) is 6.58 Å². The third-order valence-corrected chi connectivity index (χ3v) is 3.36. The Labute approximate surface area is 105 Å². The first-order valence-corrected chi connectivity index (χ1v) is 6.18. The van der Waals surface area contributed by atoms with Crippen LogP contribution in [0.25, 0.3) is 0 Å². The Morgan fingerprint density at radius 2 is 2.19 bits per heavy atom. The molecule has 0 N–H and O–H groups in total. The monoisotopic (exact) mass is 255 g/mol. The van der Waals surface area contributed by atoms with E-state index in [4.69, 9.17) is 11.6 Å². The van der Waals surface area contributed by atoms with Gasteiger partial charge in [0.05, 0.1) is 0 Å². The summed E-state index contributed by atoms with van der Waals surface area (Å²) in [5, 5.41) is 0. The van der Waals surface area contributed by atoms with Crippen molar-refractivity contribution in [2.24, 2.45) is 0 Å². The minimum atomic E-state index is -0.590. The van der Waals surface area contributed by atoms with Crippen LogP contribution in [-0.4, -0.2) is 29.1 Å². The van der Waals surface area contributed by atoms with Crippen LogP contribution in [0.3, 0.4) is 0 Å². The molecule has 0 radical (unpaired) electrons. The van der Waals surface area contributed by atoms with Crippen molar-refractivity contribution in [3.8, 4) is 0 Å². The topological polar surface area (TPSA) is 20.3 Å². The lowest BCUT2D eigenvalue weighted by molar-refractivity contribution is -0.127. The summed E-state index contributed by atoms with van der Waals surface area (Å²) in [6.45, 7) is 4.09. The molecule has 0 fully saturated rings. The van der Waals surface area contributed by atoms with Gasteiger partial charge in [-0.3, -0.25) is 4.79 Å².